The van der Waals surface area contributed by atoms with Crippen LogP contribution in [-0.4, -0.2) is 43.0 Å². The minimum absolute atomic E-state index is 0.129. The van der Waals surface area contributed by atoms with Gasteiger partial charge in [-0.3, -0.25) is 4.79 Å². The Morgan fingerprint density at radius 1 is 1.29 bits per heavy atom. The van der Waals surface area contributed by atoms with Gasteiger partial charge in [0, 0.05) is 12.7 Å². The largest absolute Gasteiger partial charge is 0.497 e. The smallest absolute Gasteiger partial charge is 0.375 e. The van der Waals surface area contributed by atoms with Crippen molar-refractivity contribution in [2.75, 3.05) is 20.8 Å². The number of amides is 1. The molecule has 0 aliphatic carbocycles. The van der Waals surface area contributed by atoms with Crippen molar-refractivity contribution in [1.82, 2.24) is 10.5 Å². The van der Waals surface area contributed by atoms with Gasteiger partial charge in [-0.2, -0.15) is 0 Å². The van der Waals surface area contributed by atoms with Gasteiger partial charge in [-0.1, -0.05) is 5.16 Å². The zero-order valence-electron chi connectivity index (χ0n) is 13.5. The van der Waals surface area contributed by atoms with E-state index in [1.807, 2.05) is 0 Å². The molecule has 0 radical (unpaired) electrons. The van der Waals surface area contributed by atoms with Crippen LogP contribution in [0.5, 0.6) is 5.75 Å². The lowest BCUT2D eigenvalue weighted by Crippen LogP contribution is -2.30. The molecule has 0 saturated heterocycles. The summed E-state index contributed by atoms with van der Waals surface area (Å²) in [5, 5.41) is 15.8. The van der Waals surface area contributed by atoms with Gasteiger partial charge in [0.05, 0.1) is 18.7 Å². The molecule has 0 aliphatic heterocycles. The van der Waals surface area contributed by atoms with E-state index >= 15 is 0 Å². The van der Waals surface area contributed by atoms with E-state index in [9.17, 15) is 14.7 Å². The minimum atomic E-state index is -1.26. The van der Waals surface area contributed by atoms with Crippen molar-refractivity contribution in [3.05, 3.63) is 35.6 Å². The lowest BCUT2D eigenvalue weighted by Gasteiger charge is -2.14. The normalized spacial score (nSPS) is 11.8. The maximum absolute atomic E-state index is 11.7. The van der Waals surface area contributed by atoms with E-state index in [1.165, 1.54) is 7.11 Å². The maximum Gasteiger partial charge on any atom is 0.375 e. The molecule has 8 nitrogen and oxygen atoms in total. The molecule has 1 aromatic heterocycles. The van der Waals surface area contributed by atoms with E-state index in [1.54, 1.807) is 38.3 Å². The summed E-state index contributed by atoms with van der Waals surface area (Å²) in [7, 11) is 2.95. The zero-order valence-corrected chi connectivity index (χ0v) is 13.5. The van der Waals surface area contributed by atoms with Crippen LogP contribution in [0.1, 0.15) is 29.1 Å². The average Bonchev–Trinajstić information content (AvgIpc) is 3.00. The van der Waals surface area contributed by atoms with Crippen LogP contribution >= 0.6 is 0 Å². The van der Waals surface area contributed by atoms with Gasteiger partial charge in [-0.05, 0) is 31.2 Å². The molecule has 2 aromatic rings. The number of benzene rings is 1. The van der Waals surface area contributed by atoms with E-state index in [0.29, 0.717) is 17.0 Å². The number of nitrogens with one attached hydrogen (secondary N) is 1. The number of carboxylic acids is 1. The first-order valence-electron chi connectivity index (χ1n) is 7.13. The predicted octanol–water partition coefficient (Wildman–Crippen LogP) is 1.87. The Balaban J connectivity index is 2.41. The number of ether oxygens (including phenoxy) is 2. The van der Waals surface area contributed by atoms with Gasteiger partial charge >= 0.3 is 5.97 Å². The second-order valence-corrected chi connectivity index (χ2v) is 5.03. The van der Waals surface area contributed by atoms with Crippen molar-refractivity contribution >= 4 is 11.9 Å². The summed E-state index contributed by atoms with van der Waals surface area (Å²) >= 11 is 0. The van der Waals surface area contributed by atoms with Crippen LogP contribution in [-0.2, 0) is 9.53 Å². The number of rotatable bonds is 7. The quantitative estimate of drug-likeness (QED) is 0.795. The molecular formula is C16H18N2O6. The first-order valence-corrected chi connectivity index (χ1v) is 7.13. The molecule has 8 heteroatoms. The lowest BCUT2D eigenvalue weighted by molar-refractivity contribution is -0.125. The van der Waals surface area contributed by atoms with Gasteiger partial charge in [0.15, 0.2) is 0 Å². The van der Waals surface area contributed by atoms with Crippen LogP contribution in [0.3, 0.4) is 0 Å². The topological polar surface area (TPSA) is 111 Å². The highest BCUT2D eigenvalue weighted by atomic mass is 16.5. The molecule has 2 rings (SSSR count). The van der Waals surface area contributed by atoms with E-state index < -0.39 is 12.0 Å². The summed E-state index contributed by atoms with van der Waals surface area (Å²) in [4.78, 5) is 23.1. The molecule has 1 unspecified atom stereocenters. The highest BCUT2D eigenvalue weighted by Gasteiger charge is 2.27. The van der Waals surface area contributed by atoms with Crippen LogP contribution in [0, 0.1) is 0 Å². The van der Waals surface area contributed by atoms with Crippen molar-refractivity contribution in [2.45, 2.75) is 13.0 Å². The van der Waals surface area contributed by atoms with Crippen molar-refractivity contribution in [1.29, 1.82) is 0 Å². The molecule has 0 bridgehead atoms. The number of carbonyl (C=O) groups is 2. The second kappa shape index (κ2) is 7.60. The molecule has 1 aromatic carbocycles. The number of aromatic nitrogens is 1. The minimum Gasteiger partial charge on any atom is -0.497 e. The molecule has 2 N–H and O–H groups in total. The van der Waals surface area contributed by atoms with Crippen molar-refractivity contribution in [3.8, 4) is 17.0 Å². The fraction of sp³-hybridized carbons (Fsp3) is 0.312. The molecular weight excluding hydrogens is 316 g/mol. The number of carboxylic acid groups (broad SMARTS) is 1. The second-order valence-electron chi connectivity index (χ2n) is 5.03. The van der Waals surface area contributed by atoms with Crippen molar-refractivity contribution < 1.29 is 28.7 Å². The van der Waals surface area contributed by atoms with Crippen LogP contribution in [0.25, 0.3) is 11.3 Å². The van der Waals surface area contributed by atoms with E-state index in [-0.39, 0.29) is 23.8 Å². The Bertz CT molecular complexity index is 723. The molecule has 1 amide bonds. The molecule has 1 atom stereocenters. The number of nitrogens with zero attached hydrogens (tertiary/aromatic N) is 1. The molecule has 128 valence electrons. The third-order valence-corrected chi connectivity index (χ3v) is 3.37. The van der Waals surface area contributed by atoms with Crippen LogP contribution < -0.4 is 10.1 Å². The highest BCUT2D eigenvalue weighted by Crippen LogP contribution is 2.31. The third-order valence-electron chi connectivity index (χ3n) is 3.37. The van der Waals surface area contributed by atoms with Crippen LogP contribution in [0.15, 0.2) is 28.8 Å². The summed E-state index contributed by atoms with van der Waals surface area (Å²) in [6.07, 6.45) is 0. The summed E-state index contributed by atoms with van der Waals surface area (Å²) in [5.41, 5.74) is 1.28. The number of hydrogen-bond donors (Lipinski definition) is 2. The standard InChI is InChI=1S/C16H18N2O6/c1-9(17-12(19)8-22-2)13-14(18-24-15(13)16(20)21)10-4-6-11(23-3)7-5-10/h4-7,9H,8H2,1-3H3,(H,17,19)(H,20,21). The molecule has 0 aliphatic rings. The summed E-state index contributed by atoms with van der Waals surface area (Å²) < 4.78 is 14.8. The molecule has 24 heavy (non-hydrogen) atoms. The van der Waals surface area contributed by atoms with Crippen molar-refractivity contribution in [2.24, 2.45) is 0 Å². The Labute approximate surface area is 138 Å². The zero-order chi connectivity index (χ0) is 17.7. The first kappa shape index (κ1) is 17.5. The third kappa shape index (κ3) is 3.72. The van der Waals surface area contributed by atoms with Gasteiger partial charge in [-0.15, -0.1) is 0 Å². The lowest BCUT2D eigenvalue weighted by atomic mass is 10.0. The monoisotopic (exact) mass is 334 g/mol. The first-order chi connectivity index (χ1) is 11.5. The summed E-state index contributed by atoms with van der Waals surface area (Å²) in [6.45, 7) is 1.52. The van der Waals surface area contributed by atoms with Crippen LogP contribution in [0.2, 0.25) is 0 Å². The fourth-order valence-electron chi connectivity index (χ4n) is 2.30. The highest BCUT2D eigenvalue weighted by molar-refractivity contribution is 5.89. The predicted molar refractivity (Wildman–Crippen MR) is 83.9 cm³/mol. The van der Waals surface area contributed by atoms with Gasteiger partial charge in [-0.25, -0.2) is 4.79 Å². The fourth-order valence-corrected chi connectivity index (χ4v) is 2.30. The van der Waals surface area contributed by atoms with E-state index in [2.05, 4.69) is 10.5 Å². The number of hydrogen-bond acceptors (Lipinski definition) is 6. The SMILES string of the molecule is COCC(=O)NC(C)c1c(-c2ccc(OC)cc2)noc1C(=O)O. The Kier molecular flexibility index (Phi) is 5.54. The average molecular weight is 334 g/mol. The molecule has 0 spiro atoms. The van der Waals surface area contributed by atoms with E-state index in [4.69, 9.17) is 14.0 Å². The summed E-state index contributed by atoms with van der Waals surface area (Å²) in [5.74, 6) is -1.29. The maximum atomic E-state index is 11.7. The van der Waals surface area contributed by atoms with E-state index in [0.717, 1.165) is 0 Å². The number of carbonyl (C=O) groups excluding carboxylic acids is 1. The summed E-state index contributed by atoms with van der Waals surface area (Å²) in [6, 6.07) is 6.29. The van der Waals surface area contributed by atoms with Crippen LogP contribution in [0.4, 0.5) is 0 Å². The van der Waals surface area contributed by atoms with Gasteiger partial charge < -0.3 is 24.4 Å². The van der Waals surface area contributed by atoms with Gasteiger partial charge in [0.2, 0.25) is 11.7 Å². The van der Waals surface area contributed by atoms with Gasteiger partial charge in [0.25, 0.3) is 0 Å². The Morgan fingerprint density at radius 3 is 2.50 bits per heavy atom. The Morgan fingerprint density at radius 2 is 1.96 bits per heavy atom. The van der Waals surface area contributed by atoms with Crippen molar-refractivity contribution in [3.63, 3.8) is 0 Å². The van der Waals surface area contributed by atoms with Gasteiger partial charge in [0.1, 0.15) is 18.1 Å². The Hall–Kier alpha value is -2.87. The molecule has 0 fully saturated rings. The number of methoxy groups -OCH3 is 2. The molecule has 1 heterocycles. The number of aromatic carboxylic acids is 1. The molecule has 0 saturated carbocycles.